The molecule has 0 fully saturated rings. The summed E-state index contributed by atoms with van der Waals surface area (Å²) < 4.78 is 1.87. The molecule has 20 heavy (non-hydrogen) atoms. The van der Waals surface area contributed by atoms with Crippen molar-refractivity contribution in [3.8, 4) is 5.75 Å². The molecule has 0 aliphatic carbocycles. The first kappa shape index (κ1) is 14.0. The molecule has 0 aromatic carbocycles. The zero-order valence-corrected chi connectivity index (χ0v) is 11.6. The number of aryl methyl sites for hydroxylation is 1. The van der Waals surface area contributed by atoms with E-state index < -0.39 is 5.91 Å². The van der Waals surface area contributed by atoms with Gasteiger partial charge in [0.2, 0.25) is 0 Å². The number of nitrogens with zero attached hydrogens (tertiary/aromatic N) is 3. The Hall–Kier alpha value is -2.37. The van der Waals surface area contributed by atoms with E-state index in [4.69, 9.17) is 0 Å². The Kier molecular flexibility index (Phi) is 4.34. The summed E-state index contributed by atoms with van der Waals surface area (Å²) >= 11 is 0. The molecule has 1 atom stereocenters. The number of nitrogens with one attached hydrogen (secondary N) is 1. The predicted molar refractivity (Wildman–Crippen MR) is 74.2 cm³/mol. The molecule has 1 amide bonds. The molecule has 0 saturated heterocycles. The highest BCUT2D eigenvalue weighted by atomic mass is 16.3. The first-order valence-corrected chi connectivity index (χ1v) is 6.55. The van der Waals surface area contributed by atoms with Gasteiger partial charge in [0.05, 0.1) is 6.04 Å². The van der Waals surface area contributed by atoms with Crippen LogP contribution in [0.15, 0.2) is 30.7 Å². The van der Waals surface area contributed by atoms with E-state index in [9.17, 15) is 9.90 Å². The fourth-order valence-electron chi connectivity index (χ4n) is 2.07. The first-order valence-electron chi connectivity index (χ1n) is 6.55. The average molecular weight is 274 g/mol. The van der Waals surface area contributed by atoms with Gasteiger partial charge in [-0.05, 0) is 18.6 Å². The van der Waals surface area contributed by atoms with Crippen molar-refractivity contribution in [2.24, 2.45) is 7.05 Å². The maximum atomic E-state index is 12.2. The molecule has 0 bridgehead atoms. The molecule has 2 aromatic heterocycles. The number of carbonyl (C=O) groups excluding carboxylic acids is 1. The second kappa shape index (κ2) is 6.18. The molecule has 6 heteroatoms. The normalized spacial score (nSPS) is 12.1. The van der Waals surface area contributed by atoms with Gasteiger partial charge in [-0.2, -0.15) is 0 Å². The van der Waals surface area contributed by atoms with Gasteiger partial charge >= 0.3 is 0 Å². The Bertz CT molecular complexity index is 594. The lowest BCUT2D eigenvalue weighted by atomic mass is 10.1. The van der Waals surface area contributed by atoms with Gasteiger partial charge in [0.15, 0.2) is 5.69 Å². The zero-order chi connectivity index (χ0) is 14.5. The standard InChI is InChI=1S/C14H18N4O2/c1-3-5-10(13-16-8-9-18(13)2)17-14(20)12-11(19)6-4-7-15-12/h4,6-10,19H,3,5H2,1-2H3,(H,17,20)/t10-/m0/s1. The van der Waals surface area contributed by atoms with Gasteiger partial charge in [-0.25, -0.2) is 9.97 Å². The van der Waals surface area contributed by atoms with Crippen LogP contribution in [-0.4, -0.2) is 25.5 Å². The number of aromatic hydroxyl groups is 1. The summed E-state index contributed by atoms with van der Waals surface area (Å²) in [5, 5.41) is 12.5. The molecule has 0 radical (unpaired) electrons. The van der Waals surface area contributed by atoms with Crippen LogP contribution in [0.25, 0.3) is 0 Å². The topological polar surface area (TPSA) is 80.0 Å². The van der Waals surface area contributed by atoms with Gasteiger partial charge in [0, 0.05) is 25.6 Å². The molecule has 0 saturated carbocycles. The molecule has 0 aliphatic rings. The lowest BCUT2D eigenvalue weighted by Gasteiger charge is -2.17. The summed E-state index contributed by atoms with van der Waals surface area (Å²) in [7, 11) is 1.88. The molecule has 6 nitrogen and oxygen atoms in total. The third-order valence-corrected chi connectivity index (χ3v) is 3.05. The highest BCUT2D eigenvalue weighted by Crippen LogP contribution is 2.19. The number of rotatable bonds is 5. The van der Waals surface area contributed by atoms with Crippen molar-refractivity contribution in [3.63, 3.8) is 0 Å². The van der Waals surface area contributed by atoms with Crippen molar-refractivity contribution in [1.29, 1.82) is 0 Å². The van der Waals surface area contributed by atoms with Crippen LogP contribution in [0.3, 0.4) is 0 Å². The van der Waals surface area contributed by atoms with Gasteiger partial charge in [-0.15, -0.1) is 0 Å². The first-order chi connectivity index (χ1) is 9.63. The number of aromatic nitrogens is 3. The van der Waals surface area contributed by atoms with Crippen LogP contribution in [0.5, 0.6) is 5.75 Å². The minimum absolute atomic E-state index is 0.0304. The smallest absolute Gasteiger partial charge is 0.274 e. The molecular formula is C14H18N4O2. The van der Waals surface area contributed by atoms with E-state index in [2.05, 4.69) is 15.3 Å². The number of amides is 1. The molecule has 106 valence electrons. The van der Waals surface area contributed by atoms with Gasteiger partial charge in [0.1, 0.15) is 11.6 Å². The fourth-order valence-corrected chi connectivity index (χ4v) is 2.07. The largest absolute Gasteiger partial charge is 0.505 e. The van der Waals surface area contributed by atoms with Crippen molar-refractivity contribution in [1.82, 2.24) is 19.9 Å². The molecule has 2 rings (SSSR count). The van der Waals surface area contributed by atoms with Crippen LogP contribution in [-0.2, 0) is 7.05 Å². The molecule has 0 aliphatic heterocycles. The van der Waals surface area contributed by atoms with E-state index in [-0.39, 0.29) is 17.5 Å². The van der Waals surface area contributed by atoms with Crippen molar-refractivity contribution in [2.45, 2.75) is 25.8 Å². The number of hydrogen-bond donors (Lipinski definition) is 2. The molecular weight excluding hydrogens is 256 g/mol. The summed E-state index contributed by atoms with van der Waals surface area (Å²) in [5.74, 6) is 0.264. The summed E-state index contributed by atoms with van der Waals surface area (Å²) in [4.78, 5) is 20.4. The van der Waals surface area contributed by atoms with E-state index in [1.165, 1.54) is 12.3 Å². The van der Waals surface area contributed by atoms with Crippen LogP contribution in [0.1, 0.15) is 42.1 Å². The van der Waals surface area contributed by atoms with Crippen molar-refractivity contribution in [3.05, 3.63) is 42.2 Å². The van der Waals surface area contributed by atoms with Crippen molar-refractivity contribution >= 4 is 5.91 Å². The third-order valence-electron chi connectivity index (χ3n) is 3.05. The quantitative estimate of drug-likeness (QED) is 0.871. The second-order valence-corrected chi connectivity index (χ2v) is 4.58. The number of hydrogen-bond acceptors (Lipinski definition) is 4. The lowest BCUT2D eigenvalue weighted by Crippen LogP contribution is -2.30. The van der Waals surface area contributed by atoms with E-state index in [0.717, 1.165) is 18.7 Å². The Balaban J connectivity index is 2.19. The Morgan fingerprint density at radius 1 is 1.45 bits per heavy atom. The predicted octanol–water partition coefficient (Wildman–Crippen LogP) is 1.79. The van der Waals surface area contributed by atoms with Gasteiger partial charge < -0.3 is 15.0 Å². The zero-order valence-electron chi connectivity index (χ0n) is 11.6. The summed E-state index contributed by atoms with van der Waals surface area (Å²) in [6.07, 6.45) is 6.69. The SMILES string of the molecule is CCC[C@H](NC(=O)c1ncccc1O)c1nccn1C. The van der Waals surface area contributed by atoms with Gasteiger partial charge in [-0.1, -0.05) is 13.3 Å². The summed E-state index contributed by atoms with van der Waals surface area (Å²) in [6, 6.07) is 2.82. The van der Waals surface area contributed by atoms with Crippen LogP contribution >= 0.6 is 0 Å². The Morgan fingerprint density at radius 3 is 2.85 bits per heavy atom. The van der Waals surface area contributed by atoms with Gasteiger partial charge in [0.25, 0.3) is 5.91 Å². The van der Waals surface area contributed by atoms with E-state index in [0.29, 0.717) is 0 Å². The van der Waals surface area contributed by atoms with Crippen LogP contribution in [0.4, 0.5) is 0 Å². The summed E-state index contributed by atoms with van der Waals surface area (Å²) in [5.41, 5.74) is 0.0304. The molecule has 0 spiro atoms. The van der Waals surface area contributed by atoms with Crippen LogP contribution < -0.4 is 5.32 Å². The highest BCUT2D eigenvalue weighted by Gasteiger charge is 2.20. The van der Waals surface area contributed by atoms with Gasteiger partial charge in [-0.3, -0.25) is 4.79 Å². The summed E-state index contributed by atoms with van der Waals surface area (Å²) in [6.45, 7) is 2.04. The fraction of sp³-hybridized carbons (Fsp3) is 0.357. The minimum Gasteiger partial charge on any atom is -0.505 e. The molecule has 2 aromatic rings. The van der Waals surface area contributed by atoms with E-state index in [1.54, 1.807) is 12.3 Å². The second-order valence-electron chi connectivity index (χ2n) is 4.58. The third kappa shape index (κ3) is 2.96. The lowest BCUT2D eigenvalue weighted by molar-refractivity contribution is 0.0924. The van der Waals surface area contributed by atoms with Crippen LogP contribution in [0.2, 0.25) is 0 Å². The monoisotopic (exact) mass is 274 g/mol. The Morgan fingerprint density at radius 2 is 2.25 bits per heavy atom. The molecule has 2 N–H and O–H groups in total. The van der Waals surface area contributed by atoms with Crippen molar-refractivity contribution in [2.75, 3.05) is 0 Å². The maximum Gasteiger partial charge on any atom is 0.274 e. The highest BCUT2D eigenvalue weighted by molar-refractivity contribution is 5.94. The van der Waals surface area contributed by atoms with Crippen molar-refractivity contribution < 1.29 is 9.90 Å². The minimum atomic E-state index is -0.399. The number of carbonyl (C=O) groups is 1. The molecule has 0 unspecified atom stereocenters. The van der Waals surface area contributed by atoms with E-state index in [1.807, 2.05) is 24.7 Å². The maximum absolute atomic E-state index is 12.2. The average Bonchev–Trinajstić information content (AvgIpc) is 2.85. The number of imidazole rings is 1. The van der Waals surface area contributed by atoms with Crippen LogP contribution in [0, 0.1) is 0 Å². The number of pyridine rings is 1. The molecule has 2 heterocycles. The van der Waals surface area contributed by atoms with E-state index >= 15 is 0 Å². The Labute approximate surface area is 117 Å².